The molecule has 1 heterocycles. The van der Waals surface area contributed by atoms with Crippen molar-refractivity contribution in [3.8, 4) is 0 Å². The molecule has 1 aliphatic heterocycles. The number of rotatable bonds is 5. The van der Waals surface area contributed by atoms with Crippen molar-refractivity contribution in [3.05, 3.63) is 82.4 Å². The first-order valence-electron chi connectivity index (χ1n) is 10.9. The van der Waals surface area contributed by atoms with Gasteiger partial charge in [0.15, 0.2) is 0 Å². The second kappa shape index (κ2) is 8.79. The molecular formula is C27H28ClN3O. The van der Waals surface area contributed by atoms with Crippen molar-refractivity contribution in [1.82, 2.24) is 5.43 Å². The van der Waals surface area contributed by atoms with Crippen LogP contribution in [0.3, 0.4) is 0 Å². The number of hydrazone groups is 1. The van der Waals surface area contributed by atoms with Crippen LogP contribution in [0.2, 0.25) is 5.02 Å². The molecule has 0 saturated heterocycles. The third-order valence-corrected chi connectivity index (χ3v) is 6.25. The van der Waals surface area contributed by atoms with E-state index in [2.05, 4.69) is 49.2 Å². The van der Waals surface area contributed by atoms with Crippen LogP contribution in [-0.2, 0) is 0 Å². The van der Waals surface area contributed by atoms with Gasteiger partial charge >= 0.3 is 0 Å². The van der Waals surface area contributed by atoms with E-state index in [0.29, 0.717) is 10.6 Å². The molecule has 0 radical (unpaired) electrons. The Labute approximate surface area is 194 Å². The van der Waals surface area contributed by atoms with Gasteiger partial charge in [0.1, 0.15) is 0 Å². The lowest BCUT2D eigenvalue weighted by atomic mass is 9.88. The van der Waals surface area contributed by atoms with Gasteiger partial charge in [-0.25, -0.2) is 5.43 Å². The summed E-state index contributed by atoms with van der Waals surface area (Å²) in [6.45, 7) is 9.71. The van der Waals surface area contributed by atoms with E-state index in [1.54, 1.807) is 12.3 Å². The number of nitrogens with zero attached hydrogens (tertiary/aromatic N) is 2. The van der Waals surface area contributed by atoms with E-state index in [1.165, 1.54) is 5.57 Å². The van der Waals surface area contributed by atoms with Gasteiger partial charge in [0.25, 0.3) is 5.91 Å². The molecule has 1 amide bonds. The fourth-order valence-electron chi connectivity index (χ4n) is 4.40. The van der Waals surface area contributed by atoms with Crippen molar-refractivity contribution < 1.29 is 4.79 Å². The van der Waals surface area contributed by atoms with E-state index in [9.17, 15) is 4.79 Å². The zero-order valence-electron chi connectivity index (χ0n) is 18.9. The van der Waals surface area contributed by atoms with Crippen molar-refractivity contribution in [2.45, 2.75) is 39.7 Å². The highest BCUT2D eigenvalue weighted by atomic mass is 35.5. The number of hydrogen-bond donors (Lipinski definition) is 1. The fraction of sp³-hybridized carbons (Fsp3) is 0.259. The maximum absolute atomic E-state index is 12.6. The summed E-state index contributed by atoms with van der Waals surface area (Å²) in [5.41, 5.74) is 7.38. The number of carbonyl (C=O) groups is 1. The van der Waals surface area contributed by atoms with Crippen molar-refractivity contribution >= 4 is 45.8 Å². The predicted octanol–water partition coefficient (Wildman–Crippen LogP) is 6.67. The van der Waals surface area contributed by atoms with Crippen LogP contribution in [0.1, 0.15) is 55.6 Å². The summed E-state index contributed by atoms with van der Waals surface area (Å²) in [5.74, 6) is -0.256. The molecule has 0 aromatic heterocycles. The minimum Gasteiger partial charge on any atom is -0.362 e. The van der Waals surface area contributed by atoms with E-state index >= 15 is 0 Å². The van der Waals surface area contributed by atoms with E-state index in [0.717, 1.165) is 40.6 Å². The zero-order chi connectivity index (χ0) is 22.9. The van der Waals surface area contributed by atoms with Crippen molar-refractivity contribution in [1.29, 1.82) is 0 Å². The molecule has 1 aliphatic rings. The van der Waals surface area contributed by atoms with Crippen molar-refractivity contribution in [2.75, 3.05) is 11.4 Å². The average Bonchev–Trinajstić information content (AvgIpc) is 2.76. The summed E-state index contributed by atoms with van der Waals surface area (Å²) in [7, 11) is 0. The number of carbonyl (C=O) groups excluding carboxylic acids is 1. The molecule has 3 aromatic carbocycles. The molecule has 0 fully saturated rings. The van der Waals surface area contributed by atoms with Crippen molar-refractivity contribution in [2.24, 2.45) is 5.10 Å². The topological polar surface area (TPSA) is 44.7 Å². The minimum atomic E-state index is -0.256. The molecule has 0 unspecified atom stereocenters. The molecule has 0 spiro atoms. The van der Waals surface area contributed by atoms with E-state index < -0.39 is 0 Å². The van der Waals surface area contributed by atoms with E-state index in [-0.39, 0.29) is 11.4 Å². The second-order valence-corrected chi connectivity index (χ2v) is 9.19. The molecule has 0 saturated carbocycles. The quantitative estimate of drug-likeness (QED) is 0.352. The normalized spacial score (nSPS) is 15.0. The summed E-state index contributed by atoms with van der Waals surface area (Å²) >= 11 is 6.62. The van der Waals surface area contributed by atoms with Crippen molar-refractivity contribution in [3.63, 3.8) is 0 Å². The van der Waals surface area contributed by atoms with Crippen LogP contribution < -0.4 is 10.3 Å². The smallest absolute Gasteiger partial charge is 0.271 e. The predicted molar refractivity (Wildman–Crippen MR) is 136 cm³/mol. The molecular weight excluding hydrogens is 418 g/mol. The Morgan fingerprint density at radius 1 is 1.12 bits per heavy atom. The van der Waals surface area contributed by atoms with Crippen LogP contribution in [-0.4, -0.2) is 24.2 Å². The molecule has 3 aromatic rings. The first-order valence-corrected chi connectivity index (χ1v) is 11.3. The Hall–Kier alpha value is -3.11. The highest BCUT2D eigenvalue weighted by Gasteiger charge is 2.31. The van der Waals surface area contributed by atoms with E-state index in [4.69, 9.17) is 11.6 Å². The second-order valence-electron chi connectivity index (χ2n) is 8.78. The molecule has 4 nitrogen and oxygen atoms in total. The summed E-state index contributed by atoms with van der Waals surface area (Å²) in [5, 5.41) is 6.90. The van der Waals surface area contributed by atoms with Gasteiger partial charge < -0.3 is 4.90 Å². The lowest BCUT2D eigenvalue weighted by Gasteiger charge is -2.43. The number of benzene rings is 3. The highest BCUT2D eigenvalue weighted by molar-refractivity contribution is 6.33. The first-order chi connectivity index (χ1) is 15.3. The van der Waals surface area contributed by atoms with Crippen LogP contribution in [0.5, 0.6) is 0 Å². The van der Waals surface area contributed by atoms with Gasteiger partial charge in [-0.2, -0.15) is 5.10 Å². The Morgan fingerprint density at radius 3 is 2.62 bits per heavy atom. The van der Waals surface area contributed by atoms with Crippen LogP contribution in [0.15, 0.2) is 65.8 Å². The fourth-order valence-corrected chi connectivity index (χ4v) is 4.61. The molecule has 164 valence electrons. The molecule has 0 aliphatic carbocycles. The maximum Gasteiger partial charge on any atom is 0.271 e. The van der Waals surface area contributed by atoms with Crippen LogP contribution in [0.4, 0.5) is 5.69 Å². The Balaban J connectivity index is 1.57. The molecule has 32 heavy (non-hydrogen) atoms. The van der Waals surface area contributed by atoms with Gasteiger partial charge in [-0.05, 0) is 67.8 Å². The number of halogens is 1. The summed E-state index contributed by atoms with van der Waals surface area (Å²) in [6, 6.07) is 17.6. The van der Waals surface area contributed by atoms with Crippen LogP contribution >= 0.6 is 11.6 Å². The van der Waals surface area contributed by atoms with Gasteiger partial charge in [-0.1, -0.05) is 54.9 Å². The average molecular weight is 446 g/mol. The third kappa shape index (κ3) is 4.28. The van der Waals surface area contributed by atoms with Gasteiger partial charge in [0.05, 0.1) is 16.8 Å². The lowest BCUT2D eigenvalue weighted by Crippen LogP contribution is -2.45. The standard InChI is InChI=1S/C27H28ClN3O/c1-5-12-31-25-15-24(28)22(14-23(25)18(2)16-27(31,3)4)17-29-30-26(32)21-11-10-19-8-6-7-9-20(19)13-21/h6-11,13-17H,5,12H2,1-4H3,(H,30,32)/b29-17-. The van der Waals surface area contributed by atoms with Crippen LogP contribution in [0.25, 0.3) is 16.3 Å². The number of hydrogen-bond acceptors (Lipinski definition) is 3. The van der Waals surface area contributed by atoms with Gasteiger partial charge in [-0.15, -0.1) is 0 Å². The number of nitrogens with one attached hydrogen (secondary N) is 1. The monoisotopic (exact) mass is 445 g/mol. The molecule has 4 rings (SSSR count). The first kappa shape index (κ1) is 22.1. The highest BCUT2D eigenvalue weighted by Crippen LogP contribution is 2.41. The van der Waals surface area contributed by atoms with E-state index in [1.807, 2.05) is 48.5 Å². The Bertz CT molecular complexity index is 1240. The minimum absolute atomic E-state index is 0.0696. The number of allylic oxidation sites excluding steroid dienone is 1. The summed E-state index contributed by atoms with van der Waals surface area (Å²) < 4.78 is 0. The van der Waals surface area contributed by atoms with Gasteiger partial charge in [-0.3, -0.25) is 4.79 Å². The Morgan fingerprint density at radius 2 is 1.88 bits per heavy atom. The van der Waals surface area contributed by atoms with Gasteiger partial charge in [0, 0.05) is 28.9 Å². The molecule has 1 N–H and O–H groups in total. The van der Waals surface area contributed by atoms with Crippen LogP contribution in [0, 0.1) is 0 Å². The molecule has 5 heteroatoms. The number of anilines is 1. The summed E-state index contributed by atoms with van der Waals surface area (Å²) in [4.78, 5) is 15.0. The maximum atomic E-state index is 12.6. The summed E-state index contributed by atoms with van der Waals surface area (Å²) in [6.07, 6.45) is 4.96. The lowest BCUT2D eigenvalue weighted by molar-refractivity contribution is 0.0955. The van der Waals surface area contributed by atoms with Gasteiger partial charge in [0.2, 0.25) is 0 Å². The molecule has 0 bridgehead atoms. The zero-order valence-corrected chi connectivity index (χ0v) is 19.7. The number of amides is 1. The Kier molecular flexibility index (Phi) is 6.07. The molecule has 0 atom stereocenters. The third-order valence-electron chi connectivity index (χ3n) is 5.92. The SMILES string of the molecule is CCCN1c2cc(Cl)c(/C=N\NC(=O)c3ccc4ccccc4c3)cc2C(C)=CC1(C)C. The largest absolute Gasteiger partial charge is 0.362 e. The number of fused-ring (bicyclic) bond motifs is 2.